The highest BCUT2D eigenvalue weighted by atomic mass is 16.4. The summed E-state index contributed by atoms with van der Waals surface area (Å²) in [6.45, 7) is 6.58. The van der Waals surface area contributed by atoms with Crippen molar-refractivity contribution in [3.63, 3.8) is 0 Å². The summed E-state index contributed by atoms with van der Waals surface area (Å²) in [7, 11) is 0. The monoisotopic (exact) mass is 230 g/mol. The fraction of sp³-hybridized carbons (Fsp3) is 0.818. The van der Waals surface area contributed by atoms with Crippen LogP contribution in [0.25, 0.3) is 0 Å². The zero-order chi connectivity index (χ0) is 12.6. The summed E-state index contributed by atoms with van der Waals surface area (Å²) in [6, 6.07) is 0.140. The van der Waals surface area contributed by atoms with Crippen LogP contribution in [0.4, 0.5) is 0 Å². The lowest BCUT2D eigenvalue weighted by Gasteiger charge is -2.20. The van der Waals surface area contributed by atoms with Gasteiger partial charge in [0.05, 0.1) is 13.1 Å². The molecule has 0 radical (unpaired) electrons. The van der Waals surface area contributed by atoms with Crippen molar-refractivity contribution in [2.24, 2.45) is 0 Å². The Kier molecular flexibility index (Phi) is 7.54. The quantitative estimate of drug-likeness (QED) is 0.644. The average molecular weight is 230 g/mol. The van der Waals surface area contributed by atoms with Gasteiger partial charge in [0.25, 0.3) is 0 Å². The lowest BCUT2D eigenvalue weighted by atomic mass is 10.2. The van der Waals surface area contributed by atoms with Crippen LogP contribution in [-0.2, 0) is 9.59 Å². The third-order valence-electron chi connectivity index (χ3n) is 2.29. The Bertz CT molecular complexity index is 231. The van der Waals surface area contributed by atoms with Crippen LogP contribution in [0.15, 0.2) is 0 Å². The van der Waals surface area contributed by atoms with Crippen molar-refractivity contribution in [3.8, 4) is 0 Å². The fourth-order valence-electron chi connectivity index (χ4n) is 1.35. The Labute approximate surface area is 96.8 Å². The maximum absolute atomic E-state index is 11.5. The van der Waals surface area contributed by atoms with Gasteiger partial charge < -0.3 is 10.4 Å². The van der Waals surface area contributed by atoms with Crippen LogP contribution in [-0.4, -0.2) is 47.6 Å². The molecule has 5 nitrogen and oxygen atoms in total. The maximum atomic E-state index is 11.5. The van der Waals surface area contributed by atoms with Gasteiger partial charge in [-0.1, -0.05) is 13.8 Å². The second-order valence-electron chi connectivity index (χ2n) is 3.98. The van der Waals surface area contributed by atoms with Crippen LogP contribution >= 0.6 is 0 Å². The number of rotatable bonds is 8. The molecule has 0 aromatic carbocycles. The molecule has 1 atom stereocenters. The van der Waals surface area contributed by atoms with E-state index in [9.17, 15) is 9.59 Å². The lowest BCUT2D eigenvalue weighted by molar-refractivity contribution is -0.138. The predicted molar refractivity (Wildman–Crippen MR) is 62.3 cm³/mol. The Morgan fingerprint density at radius 1 is 1.31 bits per heavy atom. The number of carboxylic acids is 1. The molecule has 1 amide bonds. The maximum Gasteiger partial charge on any atom is 0.317 e. The highest BCUT2D eigenvalue weighted by Gasteiger charge is 2.13. The van der Waals surface area contributed by atoms with Gasteiger partial charge in [0, 0.05) is 6.04 Å². The Morgan fingerprint density at radius 2 is 1.94 bits per heavy atom. The molecule has 94 valence electrons. The highest BCUT2D eigenvalue weighted by Crippen LogP contribution is 1.93. The number of amides is 1. The molecule has 0 spiro atoms. The first kappa shape index (κ1) is 14.9. The first-order chi connectivity index (χ1) is 7.49. The molecule has 5 heteroatoms. The van der Waals surface area contributed by atoms with Crippen molar-refractivity contribution in [2.75, 3.05) is 19.6 Å². The summed E-state index contributed by atoms with van der Waals surface area (Å²) in [5.41, 5.74) is 0. The SMILES string of the molecule is CCCN(CC(=O)O)CC(=O)NC(C)CC. The summed E-state index contributed by atoms with van der Waals surface area (Å²) >= 11 is 0. The molecule has 0 fully saturated rings. The second-order valence-corrected chi connectivity index (χ2v) is 3.98. The first-order valence-corrected chi connectivity index (χ1v) is 5.73. The highest BCUT2D eigenvalue weighted by molar-refractivity contribution is 5.79. The van der Waals surface area contributed by atoms with E-state index >= 15 is 0 Å². The Morgan fingerprint density at radius 3 is 2.38 bits per heavy atom. The molecule has 1 unspecified atom stereocenters. The number of nitrogens with one attached hydrogen (secondary N) is 1. The molecule has 0 saturated heterocycles. The molecule has 0 aromatic heterocycles. The number of hydrogen-bond acceptors (Lipinski definition) is 3. The molecule has 0 bridgehead atoms. The van der Waals surface area contributed by atoms with Crippen molar-refractivity contribution in [1.29, 1.82) is 0 Å². The number of hydrogen-bond donors (Lipinski definition) is 2. The molecule has 2 N–H and O–H groups in total. The smallest absolute Gasteiger partial charge is 0.317 e. The molecule has 0 aliphatic carbocycles. The van der Waals surface area contributed by atoms with Crippen LogP contribution in [0.5, 0.6) is 0 Å². The van der Waals surface area contributed by atoms with Crippen molar-refractivity contribution in [3.05, 3.63) is 0 Å². The number of carbonyl (C=O) groups is 2. The predicted octanol–water partition coefficient (Wildman–Crippen LogP) is 0.698. The zero-order valence-electron chi connectivity index (χ0n) is 10.3. The molecule has 0 aliphatic heterocycles. The third kappa shape index (κ3) is 7.23. The first-order valence-electron chi connectivity index (χ1n) is 5.73. The van der Waals surface area contributed by atoms with Crippen LogP contribution in [0, 0.1) is 0 Å². The van der Waals surface area contributed by atoms with E-state index in [-0.39, 0.29) is 25.0 Å². The van der Waals surface area contributed by atoms with E-state index in [0.717, 1.165) is 12.8 Å². The van der Waals surface area contributed by atoms with Gasteiger partial charge in [0.1, 0.15) is 0 Å². The summed E-state index contributed by atoms with van der Waals surface area (Å²) in [5.74, 6) is -1.01. The van der Waals surface area contributed by atoms with Crippen LogP contribution < -0.4 is 5.32 Å². The Balaban J connectivity index is 4.06. The summed E-state index contributed by atoms with van der Waals surface area (Å²) in [4.78, 5) is 23.7. The zero-order valence-corrected chi connectivity index (χ0v) is 10.3. The molecular weight excluding hydrogens is 208 g/mol. The minimum Gasteiger partial charge on any atom is -0.480 e. The lowest BCUT2D eigenvalue weighted by Crippen LogP contribution is -2.42. The van der Waals surface area contributed by atoms with Crippen molar-refractivity contribution < 1.29 is 14.7 Å². The van der Waals surface area contributed by atoms with Gasteiger partial charge in [-0.25, -0.2) is 0 Å². The van der Waals surface area contributed by atoms with Gasteiger partial charge in [-0.3, -0.25) is 14.5 Å². The van der Waals surface area contributed by atoms with E-state index in [1.165, 1.54) is 0 Å². The van der Waals surface area contributed by atoms with E-state index < -0.39 is 5.97 Å². The van der Waals surface area contributed by atoms with E-state index in [1.54, 1.807) is 4.90 Å². The van der Waals surface area contributed by atoms with E-state index in [2.05, 4.69) is 5.32 Å². The average Bonchev–Trinajstić information content (AvgIpc) is 2.16. The fourth-order valence-corrected chi connectivity index (χ4v) is 1.35. The largest absolute Gasteiger partial charge is 0.480 e. The summed E-state index contributed by atoms with van der Waals surface area (Å²) < 4.78 is 0. The summed E-state index contributed by atoms with van der Waals surface area (Å²) in [5, 5.41) is 11.5. The Hall–Kier alpha value is -1.10. The van der Waals surface area contributed by atoms with Crippen molar-refractivity contribution in [1.82, 2.24) is 10.2 Å². The minimum absolute atomic E-state index is 0.0816. The molecule has 0 heterocycles. The molecule has 0 saturated carbocycles. The minimum atomic E-state index is -0.898. The molecule has 0 rings (SSSR count). The van der Waals surface area contributed by atoms with Gasteiger partial charge in [-0.15, -0.1) is 0 Å². The van der Waals surface area contributed by atoms with E-state index in [1.807, 2.05) is 20.8 Å². The topological polar surface area (TPSA) is 69.6 Å². The molecular formula is C11H22N2O3. The summed E-state index contributed by atoms with van der Waals surface area (Å²) in [6.07, 6.45) is 1.71. The second kappa shape index (κ2) is 8.10. The van der Waals surface area contributed by atoms with Gasteiger partial charge in [-0.05, 0) is 26.3 Å². The van der Waals surface area contributed by atoms with Gasteiger partial charge in [0.15, 0.2) is 0 Å². The molecule has 16 heavy (non-hydrogen) atoms. The van der Waals surface area contributed by atoms with E-state index in [0.29, 0.717) is 6.54 Å². The van der Waals surface area contributed by atoms with Gasteiger partial charge >= 0.3 is 5.97 Å². The van der Waals surface area contributed by atoms with E-state index in [4.69, 9.17) is 5.11 Å². The van der Waals surface area contributed by atoms with Gasteiger partial charge in [0.2, 0.25) is 5.91 Å². The number of carbonyl (C=O) groups excluding carboxylic acids is 1. The normalized spacial score (nSPS) is 12.5. The number of nitrogens with zero attached hydrogens (tertiary/aromatic N) is 1. The van der Waals surface area contributed by atoms with Crippen molar-refractivity contribution in [2.45, 2.75) is 39.7 Å². The molecule has 0 aliphatic rings. The third-order valence-corrected chi connectivity index (χ3v) is 2.29. The van der Waals surface area contributed by atoms with Crippen LogP contribution in [0.1, 0.15) is 33.6 Å². The van der Waals surface area contributed by atoms with Crippen molar-refractivity contribution >= 4 is 11.9 Å². The van der Waals surface area contributed by atoms with Crippen LogP contribution in [0.3, 0.4) is 0 Å². The standard InChI is InChI=1S/C11H22N2O3/c1-4-6-13(8-11(15)16)7-10(14)12-9(3)5-2/h9H,4-8H2,1-3H3,(H,12,14)(H,15,16). The number of carboxylic acid groups (broad SMARTS) is 1. The van der Waals surface area contributed by atoms with Gasteiger partial charge in [-0.2, -0.15) is 0 Å². The number of aliphatic carboxylic acids is 1. The molecule has 0 aromatic rings. The van der Waals surface area contributed by atoms with Crippen LogP contribution in [0.2, 0.25) is 0 Å².